The Morgan fingerprint density at radius 1 is 1.54 bits per heavy atom. The van der Waals surface area contributed by atoms with Crippen LogP contribution in [0.4, 0.5) is 0 Å². The molecule has 2 unspecified atom stereocenters. The highest BCUT2D eigenvalue weighted by Crippen LogP contribution is 2.23. The molecule has 0 radical (unpaired) electrons. The summed E-state index contributed by atoms with van der Waals surface area (Å²) in [6, 6.07) is 0.685. The number of rotatable bonds is 2. The van der Waals surface area contributed by atoms with Crippen LogP contribution in [-0.4, -0.2) is 28.9 Å². The lowest BCUT2D eigenvalue weighted by Gasteiger charge is -2.36. The molecule has 1 heterocycles. The van der Waals surface area contributed by atoms with Crippen LogP contribution in [0.2, 0.25) is 0 Å². The minimum Gasteiger partial charge on any atom is -0.296 e. The SMILES string of the molecule is CC(C)=CCN1CCCC(Br)C1C. The molecule has 2 atom stereocenters. The van der Waals surface area contributed by atoms with Crippen molar-refractivity contribution in [2.24, 2.45) is 0 Å². The molecule has 0 aliphatic carbocycles. The lowest BCUT2D eigenvalue weighted by molar-refractivity contribution is 0.187. The van der Waals surface area contributed by atoms with E-state index in [1.54, 1.807) is 0 Å². The third kappa shape index (κ3) is 3.43. The number of alkyl halides is 1. The molecule has 1 aliphatic rings. The molecule has 1 fully saturated rings. The number of allylic oxidation sites excluding steroid dienone is 1. The predicted molar refractivity (Wildman–Crippen MR) is 62.4 cm³/mol. The van der Waals surface area contributed by atoms with Crippen molar-refractivity contribution >= 4 is 15.9 Å². The monoisotopic (exact) mass is 245 g/mol. The first kappa shape index (κ1) is 11.3. The van der Waals surface area contributed by atoms with Gasteiger partial charge in [0.05, 0.1) is 0 Å². The summed E-state index contributed by atoms with van der Waals surface area (Å²) in [5, 5.41) is 0. The van der Waals surface area contributed by atoms with Gasteiger partial charge in [0.2, 0.25) is 0 Å². The molecule has 0 aromatic heterocycles. The van der Waals surface area contributed by atoms with Gasteiger partial charge in [0.1, 0.15) is 0 Å². The number of piperidine rings is 1. The van der Waals surface area contributed by atoms with Gasteiger partial charge in [-0.2, -0.15) is 0 Å². The van der Waals surface area contributed by atoms with Crippen molar-refractivity contribution < 1.29 is 0 Å². The van der Waals surface area contributed by atoms with Crippen LogP contribution < -0.4 is 0 Å². The van der Waals surface area contributed by atoms with Crippen LogP contribution in [0, 0.1) is 0 Å². The maximum absolute atomic E-state index is 3.74. The highest BCUT2D eigenvalue weighted by atomic mass is 79.9. The molecule has 1 nitrogen and oxygen atoms in total. The van der Waals surface area contributed by atoms with Gasteiger partial charge < -0.3 is 0 Å². The molecule has 0 bridgehead atoms. The Kier molecular flexibility index (Phi) is 4.47. The Balaban J connectivity index is 2.44. The number of nitrogens with zero attached hydrogens (tertiary/aromatic N) is 1. The fourth-order valence-electron chi connectivity index (χ4n) is 1.72. The molecule has 2 heteroatoms. The number of likely N-dealkylation sites (tertiary alicyclic amines) is 1. The van der Waals surface area contributed by atoms with E-state index in [1.165, 1.54) is 25.0 Å². The molecule has 0 N–H and O–H groups in total. The van der Waals surface area contributed by atoms with E-state index in [2.05, 4.69) is 47.7 Å². The van der Waals surface area contributed by atoms with Crippen LogP contribution in [0.1, 0.15) is 33.6 Å². The number of hydrogen-bond acceptors (Lipinski definition) is 1. The minimum absolute atomic E-state index is 0.685. The quantitative estimate of drug-likeness (QED) is 0.534. The summed E-state index contributed by atoms with van der Waals surface area (Å²) in [6.45, 7) is 9.02. The fourth-order valence-corrected chi connectivity index (χ4v) is 2.38. The van der Waals surface area contributed by atoms with Gasteiger partial charge >= 0.3 is 0 Å². The first-order chi connectivity index (χ1) is 6.11. The van der Waals surface area contributed by atoms with Crippen LogP contribution in [-0.2, 0) is 0 Å². The average molecular weight is 246 g/mol. The largest absolute Gasteiger partial charge is 0.296 e. The van der Waals surface area contributed by atoms with E-state index in [0.29, 0.717) is 10.9 Å². The normalized spacial score (nSPS) is 30.2. The van der Waals surface area contributed by atoms with Gasteiger partial charge in [-0.15, -0.1) is 0 Å². The lowest BCUT2D eigenvalue weighted by Crippen LogP contribution is -2.43. The molecule has 1 rings (SSSR count). The average Bonchev–Trinajstić information content (AvgIpc) is 2.07. The smallest absolute Gasteiger partial charge is 0.0299 e. The zero-order chi connectivity index (χ0) is 9.84. The summed E-state index contributed by atoms with van der Waals surface area (Å²) in [7, 11) is 0. The Morgan fingerprint density at radius 2 is 2.23 bits per heavy atom. The van der Waals surface area contributed by atoms with Gasteiger partial charge in [-0.1, -0.05) is 27.6 Å². The van der Waals surface area contributed by atoms with Crippen LogP contribution in [0.15, 0.2) is 11.6 Å². The molecule has 0 amide bonds. The van der Waals surface area contributed by atoms with Gasteiger partial charge in [0, 0.05) is 17.4 Å². The highest BCUT2D eigenvalue weighted by Gasteiger charge is 2.24. The van der Waals surface area contributed by atoms with Crippen molar-refractivity contribution in [2.45, 2.75) is 44.5 Å². The molecule has 0 aromatic carbocycles. The van der Waals surface area contributed by atoms with Gasteiger partial charge in [-0.25, -0.2) is 0 Å². The first-order valence-corrected chi connectivity index (χ1v) is 6.04. The molecule has 76 valence electrons. The summed E-state index contributed by atoms with van der Waals surface area (Å²) in [6.07, 6.45) is 4.98. The Morgan fingerprint density at radius 3 is 2.85 bits per heavy atom. The summed E-state index contributed by atoms with van der Waals surface area (Å²) in [4.78, 5) is 3.24. The maximum Gasteiger partial charge on any atom is 0.0299 e. The van der Waals surface area contributed by atoms with Gasteiger partial charge in [-0.3, -0.25) is 4.90 Å². The lowest BCUT2D eigenvalue weighted by atomic mass is 10.0. The van der Waals surface area contributed by atoms with Crippen LogP contribution in [0.5, 0.6) is 0 Å². The van der Waals surface area contributed by atoms with E-state index >= 15 is 0 Å². The molecule has 1 aliphatic heterocycles. The van der Waals surface area contributed by atoms with E-state index in [-0.39, 0.29) is 0 Å². The van der Waals surface area contributed by atoms with Crippen molar-refractivity contribution in [3.8, 4) is 0 Å². The maximum atomic E-state index is 3.74. The second-order valence-electron chi connectivity index (χ2n) is 4.18. The standard InChI is InChI=1S/C11H20BrN/c1-9(2)6-8-13-7-4-5-11(12)10(13)3/h6,10-11H,4-5,7-8H2,1-3H3. The second kappa shape index (κ2) is 5.16. The summed E-state index contributed by atoms with van der Waals surface area (Å²) < 4.78 is 0. The Bertz CT molecular complexity index is 185. The highest BCUT2D eigenvalue weighted by molar-refractivity contribution is 9.09. The molecular formula is C11H20BrN. The van der Waals surface area contributed by atoms with Crippen LogP contribution in [0.3, 0.4) is 0 Å². The fraction of sp³-hybridized carbons (Fsp3) is 0.818. The molecule has 0 spiro atoms. The zero-order valence-corrected chi connectivity index (χ0v) is 10.5. The van der Waals surface area contributed by atoms with E-state index in [4.69, 9.17) is 0 Å². The van der Waals surface area contributed by atoms with E-state index in [0.717, 1.165) is 6.54 Å². The predicted octanol–water partition coefficient (Wildman–Crippen LogP) is 3.20. The van der Waals surface area contributed by atoms with Crippen molar-refractivity contribution in [3.63, 3.8) is 0 Å². The summed E-state index contributed by atoms with van der Waals surface area (Å²) >= 11 is 3.74. The van der Waals surface area contributed by atoms with Crippen molar-refractivity contribution in [1.82, 2.24) is 4.90 Å². The molecule has 13 heavy (non-hydrogen) atoms. The molecule has 1 saturated heterocycles. The summed E-state index contributed by atoms with van der Waals surface area (Å²) in [5.74, 6) is 0. The minimum atomic E-state index is 0.685. The van der Waals surface area contributed by atoms with Crippen molar-refractivity contribution in [3.05, 3.63) is 11.6 Å². The van der Waals surface area contributed by atoms with Crippen molar-refractivity contribution in [1.29, 1.82) is 0 Å². The van der Waals surface area contributed by atoms with E-state index in [9.17, 15) is 0 Å². The summed E-state index contributed by atoms with van der Waals surface area (Å²) in [5.41, 5.74) is 1.42. The zero-order valence-electron chi connectivity index (χ0n) is 8.89. The number of hydrogen-bond donors (Lipinski definition) is 0. The Hall–Kier alpha value is 0.180. The molecule has 0 saturated carbocycles. The van der Waals surface area contributed by atoms with E-state index < -0.39 is 0 Å². The van der Waals surface area contributed by atoms with Gasteiger partial charge in [-0.05, 0) is 40.2 Å². The topological polar surface area (TPSA) is 3.24 Å². The van der Waals surface area contributed by atoms with Gasteiger partial charge in [0.25, 0.3) is 0 Å². The number of halogens is 1. The second-order valence-corrected chi connectivity index (χ2v) is 5.35. The van der Waals surface area contributed by atoms with Crippen LogP contribution >= 0.6 is 15.9 Å². The van der Waals surface area contributed by atoms with Crippen LogP contribution in [0.25, 0.3) is 0 Å². The first-order valence-electron chi connectivity index (χ1n) is 5.12. The third-order valence-corrected chi connectivity index (χ3v) is 3.98. The van der Waals surface area contributed by atoms with E-state index in [1.807, 2.05) is 0 Å². The molecular weight excluding hydrogens is 226 g/mol. The van der Waals surface area contributed by atoms with Gasteiger partial charge in [0.15, 0.2) is 0 Å². The molecule has 0 aromatic rings. The third-order valence-electron chi connectivity index (χ3n) is 2.76. The Labute approximate surface area is 90.3 Å². The van der Waals surface area contributed by atoms with Crippen molar-refractivity contribution in [2.75, 3.05) is 13.1 Å².